The SMILES string of the molecule is Cc1cc([C@H]2[C@H](c3ccccn3)NC(=S)N2c2ccccc2)c(C)n1-c1cccc(Cl)c1. The van der Waals surface area contributed by atoms with Gasteiger partial charge in [-0.2, -0.15) is 0 Å². The van der Waals surface area contributed by atoms with Crippen LogP contribution in [0.4, 0.5) is 5.69 Å². The van der Waals surface area contributed by atoms with E-state index in [1.807, 2.05) is 54.7 Å². The zero-order valence-corrected chi connectivity index (χ0v) is 19.4. The normalized spacial score (nSPS) is 18.1. The molecular formula is C26H23ClN4S. The predicted octanol–water partition coefficient (Wildman–Crippen LogP) is 6.32. The molecule has 0 unspecified atom stereocenters. The highest BCUT2D eigenvalue weighted by Gasteiger charge is 2.42. The summed E-state index contributed by atoms with van der Waals surface area (Å²) < 4.78 is 2.25. The molecule has 4 nitrogen and oxygen atoms in total. The average Bonchev–Trinajstić information content (AvgIpc) is 3.30. The zero-order chi connectivity index (χ0) is 22.2. The summed E-state index contributed by atoms with van der Waals surface area (Å²) in [5.74, 6) is 0. The van der Waals surface area contributed by atoms with Crippen LogP contribution in [-0.2, 0) is 0 Å². The lowest BCUT2D eigenvalue weighted by Crippen LogP contribution is -2.29. The number of aromatic nitrogens is 2. The second-order valence-electron chi connectivity index (χ2n) is 7.97. The molecule has 1 fully saturated rings. The number of halogens is 1. The summed E-state index contributed by atoms with van der Waals surface area (Å²) in [5.41, 5.74) is 6.57. The molecule has 160 valence electrons. The van der Waals surface area contributed by atoms with Crippen molar-refractivity contribution in [2.24, 2.45) is 0 Å². The Kier molecular flexibility index (Phi) is 5.45. The van der Waals surface area contributed by atoms with Crippen LogP contribution in [0.1, 0.15) is 34.7 Å². The highest BCUT2D eigenvalue weighted by Crippen LogP contribution is 2.43. The molecule has 1 aliphatic rings. The maximum Gasteiger partial charge on any atom is 0.174 e. The average molecular weight is 459 g/mol. The maximum atomic E-state index is 6.30. The summed E-state index contributed by atoms with van der Waals surface area (Å²) in [5, 5.41) is 4.96. The first kappa shape index (κ1) is 20.7. The van der Waals surface area contributed by atoms with E-state index in [9.17, 15) is 0 Å². The number of hydrogen-bond donors (Lipinski definition) is 1. The molecule has 4 aromatic rings. The molecule has 1 saturated heterocycles. The maximum absolute atomic E-state index is 6.30. The van der Waals surface area contributed by atoms with Crippen molar-refractivity contribution in [1.82, 2.24) is 14.9 Å². The highest BCUT2D eigenvalue weighted by atomic mass is 35.5. The largest absolute Gasteiger partial charge is 0.351 e. The Hall–Kier alpha value is -3.15. The quantitative estimate of drug-likeness (QED) is 0.363. The van der Waals surface area contributed by atoms with Gasteiger partial charge in [-0.3, -0.25) is 4.98 Å². The minimum atomic E-state index is -0.0720. The Balaban J connectivity index is 1.68. The molecule has 1 N–H and O–H groups in total. The number of pyridine rings is 1. The van der Waals surface area contributed by atoms with Gasteiger partial charge in [0.1, 0.15) is 0 Å². The van der Waals surface area contributed by atoms with Crippen LogP contribution in [0.3, 0.4) is 0 Å². The number of anilines is 1. The molecular weight excluding hydrogens is 436 g/mol. The van der Waals surface area contributed by atoms with Crippen LogP contribution >= 0.6 is 23.8 Å². The molecule has 0 bridgehead atoms. The molecule has 0 amide bonds. The molecule has 32 heavy (non-hydrogen) atoms. The van der Waals surface area contributed by atoms with Crippen LogP contribution in [0, 0.1) is 13.8 Å². The van der Waals surface area contributed by atoms with Gasteiger partial charge in [-0.1, -0.05) is 41.9 Å². The van der Waals surface area contributed by atoms with Crippen molar-refractivity contribution in [3.8, 4) is 5.69 Å². The first-order valence-electron chi connectivity index (χ1n) is 10.5. The van der Waals surface area contributed by atoms with Crippen LogP contribution in [-0.4, -0.2) is 14.7 Å². The van der Waals surface area contributed by atoms with E-state index >= 15 is 0 Å². The molecule has 1 aliphatic heterocycles. The van der Waals surface area contributed by atoms with Gasteiger partial charge < -0.3 is 14.8 Å². The molecule has 0 aliphatic carbocycles. The van der Waals surface area contributed by atoms with Crippen LogP contribution in [0.5, 0.6) is 0 Å². The second-order valence-corrected chi connectivity index (χ2v) is 8.80. The minimum absolute atomic E-state index is 0.0427. The highest BCUT2D eigenvalue weighted by molar-refractivity contribution is 7.80. The van der Waals surface area contributed by atoms with Crippen molar-refractivity contribution in [3.63, 3.8) is 0 Å². The third-order valence-corrected chi connectivity index (χ3v) is 6.54. The van der Waals surface area contributed by atoms with Gasteiger partial charge in [0.15, 0.2) is 5.11 Å². The summed E-state index contributed by atoms with van der Waals surface area (Å²) in [6.45, 7) is 4.28. The number of para-hydroxylation sites is 1. The van der Waals surface area contributed by atoms with Crippen molar-refractivity contribution >= 4 is 34.6 Å². The third-order valence-electron chi connectivity index (χ3n) is 5.99. The van der Waals surface area contributed by atoms with Gasteiger partial charge in [0, 0.05) is 34.0 Å². The summed E-state index contributed by atoms with van der Waals surface area (Å²) >= 11 is 12.1. The van der Waals surface area contributed by atoms with Gasteiger partial charge in [0.2, 0.25) is 0 Å². The van der Waals surface area contributed by atoms with Gasteiger partial charge in [0.05, 0.1) is 17.8 Å². The number of nitrogens with one attached hydrogen (secondary N) is 1. The Morgan fingerprint density at radius 1 is 0.906 bits per heavy atom. The smallest absolute Gasteiger partial charge is 0.174 e. The number of thiocarbonyl (C=S) groups is 1. The molecule has 2 aromatic carbocycles. The molecule has 5 rings (SSSR count). The molecule has 0 saturated carbocycles. The van der Waals surface area contributed by atoms with E-state index in [1.165, 1.54) is 5.56 Å². The van der Waals surface area contributed by atoms with Gasteiger partial charge in [-0.05, 0) is 80.2 Å². The molecule has 3 heterocycles. The standard InChI is InChI=1S/C26H23ClN4S/c1-17-15-22(18(2)30(17)21-12-8-9-19(27)16-21)25-24(23-13-6-7-14-28-23)29-26(32)31(25)20-10-4-3-5-11-20/h3-16,24-25H,1-2H3,(H,29,32)/t24-,25-/m0/s1. The predicted molar refractivity (Wildman–Crippen MR) is 135 cm³/mol. The fourth-order valence-corrected chi connectivity index (χ4v) is 5.17. The lowest BCUT2D eigenvalue weighted by Gasteiger charge is -2.28. The minimum Gasteiger partial charge on any atom is -0.351 e. The summed E-state index contributed by atoms with van der Waals surface area (Å²) in [4.78, 5) is 6.86. The third kappa shape index (κ3) is 3.57. The first-order valence-corrected chi connectivity index (χ1v) is 11.3. The summed E-state index contributed by atoms with van der Waals surface area (Å²) in [6.07, 6.45) is 1.83. The monoisotopic (exact) mass is 458 g/mol. The fourth-order valence-electron chi connectivity index (χ4n) is 4.64. The zero-order valence-electron chi connectivity index (χ0n) is 17.9. The van der Waals surface area contributed by atoms with E-state index in [1.54, 1.807) is 0 Å². The van der Waals surface area contributed by atoms with E-state index in [0.29, 0.717) is 5.11 Å². The van der Waals surface area contributed by atoms with Gasteiger partial charge in [-0.25, -0.2) is 0 Å². The number of aryl methyl sites for hydroxylation is 1. The Morgan fingerprint density at radius 3 is 2.38 bits per heavy atom. The van der Waals surface area contributed by atoms with E-state index in [0.717, 1.165) is 33.5 Å². The van der Waals surface area contributed by atoms with E-state index in [2.05, 4.69) is 63.9 Å². The summed E-state index contributed by atoms with van der Waals surface area (Å²) in [7, 11) is 0. The number of hydrogen-bond acceptors (Lipinski definition) is 2. The molecule has 2 atom stereocenters. The second kappa shape index (κ2) is 8.41. The van der Waals surface area contributed by atoms with Gasteiger partial charge >= 0.3 is 0 Å². The fraction of sp³-hybridized carbons (Fsp3) is 0.154. The van der Waals surface area contributed by atoms with Crippen molar-refractivity contribution in [3.05, 3.63) is 113 Å². The molecule has 6 heteroatoms. The molecule has 2 aromatic heterocycles. The van der Waals surface area contributed by atoms with E-state index in [-0.39, 0.29) is 12.1 Å². The topological polar surface area (TPSA) is 33.1 Å². The Bertz CT molecular complexity index is 1270. The summed E-state index contributed by atoms with van der Waals surface area (Å²) in [6, 6.07) is 26.4. The lowest BCUT2D eigenvalue weighted by atomic mass is 9.96. The number of nitrogens with zero attached hydrogens (tertiary/aromatic N) is 3. The van der Waals surface area contributed by atoms with Crippen LogP contribution in [0.15, 0.2) is 85.1 Å². The van der Waals surface area contributed by atoms with E-state index in [4.69, 9.17) is 23.8 Å². The Labute approximate surface area is 198 Å². The first-order chi connectivity index (χ1) is 15.5. The lowest BCUT2D eigenvalue weighted by molar-refractivity contribution is 0.565. The molecule has 0 radical (unpaired) electrons. The van der Waals surface area contributed by atoms with Crippen molar-refractivity contribution in [2.45, 2.75) is 25.9 Å². The number of benzene rings is 2. The van der Waals surface area contributed by atoms with Crippen molar-refractivity contribution in [2.75, 3.05) is 4.90 Å². The van der Waals surface area contributed by atoms with Crippen LogP contribution < -0.4 is 10.2 Å². The van der Waals surface area contributed by atoms with Crippen molar-refractivity contribution in [1.29, 1.82) is 0 Å². The number of rotatable bonds is 4. The van der Waals surface area contributed by atoms with Crippen LogP contribution in [0.25, 0.3) is 5.69 Å². The molecule has 0 spiro atoms. The van der Waals surface area contributed by atoms with Gasteiger partial charge in [-0.15, -0.1) is 0 Å². The van der Waals surface area contributed by atoms with E-state index < -0.39 is 0 Å². The van der Waals surface area contributed by atoms with Gasteiger partial charge in [0.25, 0.3) is 0 Å². The van der Waals surface area contributed by atoms with Crippen LogP contribution in [0.2, 0.25) is 5.02 Å². The van der Waals surface area contributed by atoms with Crippen molar-refractivity contribution < 1.29 is 0 Å². The Morgan fingerprint density at radius 2 is 1.66 bits per heavy atom.